The zero-order valence-corrected chi connectivity index (χ0v) is 17.9. The highest BCUT2D eigenvalue weighted by molar-refractivity contribution is 5.94. The molecule has 2 N–H and O–H groups in total. The Morgan fingerprint density at radius 2 is 2.12 bits per heavy atom. The summed E-state index contributed by atoms with van der Waals surface area (Å²) in [7, 11) is 1.56. The number of nitrogens with zero attached hydrogens (tertiary/aromatic N) is 5. The molecule has 10 heteroatoms. The number of hydrogen-bond donors (Lipinski definition) is 2. The summed E-state index contributed by atoms with van der Waals surface area (Å²) in [6.07, 6.45) is 4.19. The van der Waals surface area contributed by atoms with Crippen LogP contribution in [0.1, 0.15) is 22.0 Å². The topological polar surface area (TPSA) is 124 Å². The van der Waals surface area contributed by atoms with Crippen LogP contribution in [0, 0.1) is 0 Å². The van der Waals surface area contributed by atoms with E-state index in [9.17, 15) is 4.79 Å². The van der Waals surface area contributed by atoms with Crippen molar-refractivity contribution in [3.63, 3.8) is 0 Å². The molecule has 0 aliphatic rings. The van der Waals surface area contributed by atoms with Crippen molar-refractivity contribution in [2.75, 3.05) is 7.11 Å². The van der Waals surface area contributed by atoms with Crippen LogP contribution in [0.3, 0.4) is 0 Å². The number of benzene rings is 2. The number of carbonyl (C=O) groups is 1. The van der Waals surface area contributed by atoms with Gasteiger partial charge in [0.1, 0.15) is 17.3 Å². The molecule has 0 radical (unpaired) electrons. The Kier molecular flexibility index (Phi) is 5.54. The minimum atomic E-state index is -0.255. The van der Waals surface area contributed by atoms with Gasteiger partial charge in [0.05, 0.1) is 19.2 Å². The first-order chi connectivity index (χ1) is 16.2. The van der Waals surface area contributed by atoms with E-state index in [0.29, 0.717) is 36.0 Å². The van der Waals surface area contributed by atoms with Gasteiger partial charge in [-0.25, -0.2) is 4.98 Å². The van der Waals surface area contributed by atoms with Gasteiger partial charge in [0.15, 0.2) is 5.82 Å². The predicted molar refractivity (Wildman–Crippen MR) is 119 cm³/mol. The Hall–Kier alpha value is -4.47. The van der Waals surface area contributed by atoms with Gasteiger partial charge in [-0.05, 0) is 24.3 Å². The summed E-state index contributed by atoms with van der Waals surface area (Å²) in [5.74, 6) is 1.93. The fourth-order valence-electron chi connectivity index (χ4n) is 3.56. The lowest BCUT2D eigenvalue weighted by Crippen LogP contribution is -2.23. The van der Waals surface area contributed by atoms with Crippen LogP contribution >= 0.6 is 0 Å². The third-order valence-corrected chi connectivity index (χ3v) is 5.17. The molecule has 3 aromatic heterocycles. The Balaban J connectivity index is 1.36. The quantitative estimate of drug-likeness (QED) is 0.378. The van der Waals surface area contributed by atoms with Crippen molar-refractivity contribution in [3.05, 3.63) is 78.1 Å². The number of nitrogens with one attached hydrogen (secondary N) is 2. The third-order valence-electron chi connectivity index (χ3n) is 5.17. The van der Waals surface area contributed by atoms with Crippen LogP contribution in [0.15, 0.2) is 65.4 Å². The van der Waals surface area contributed by atoms with Crippen molar-refractivity contribution in [3.8, 4) is 17.3 Å². The van der Waals surface area contributed by atoms with E-state index in [1.54, 1.807) is 43.8 Å². The van der Waals surface area contributed by atoms with Gasteiger partial charge in [0, 0.05) is 36.3 Å². The standard InChI is InChI=1S/C23H21N7O3/c1-32-16-6-4-5-15(13-16)22(31)26-14-20-27-23(33-29-20)21-17-7-2-3-8-18(17)28-30(21)12-9-19-24-10-11-25-19/h2-8,10-11,13H,9,12,14H2,1H3,(H,24,25)(H,26,31). The van der Waals surface area contributed by atoms with Crippen LogP contribution in [0.5, 0.6) is 5.75 Å². The van der Waals surface area contributed by atoms with E-state index >= 15 is 0 Å². The molecule has 0 spiro atoms. The summed E-state index contributed by atoms with van der Waals surface area (Å²) in [5.41, 5.74) is 2.05. The lowest BCUT2D eigenvalue weighted by molar-refractivity contribution is 0.0949. The molecule has 2 aromatic carbocycles. The van der Waals surface area contributed by atoms with Crippen LogP contribution in [-0.2, 0) is 19.5 Å². The first kappa shape index (κ1) is 20.4. The number of hydrogen-bond acceptors (Lipinski definition) is 7. The molecule has 166 valence electrons. The normalized spacial score (nSPS) is 11.1. The lowest BCUT2D eigenvalue weighted by atomic mass is 10.2. The minimum absolute atomic E-state index is 0.123. The van der Waals surface area contributed by atoms with Crippen LogP contribution < -0.4 is 10.1 Å². The first-order valence-electron chi connectivity index (χ1n) is 10.4. The molecular formula is C23H21N7O3. The summed E-state index contributed by atoms with van der Waals surface area (Å²) in [4.78, 5) is 24.4. The number of carbonyl (C=O) groups excluding carboxylic acids is 1. The second-order valence-electron chi connectivity index (χ2n) is 7.31. The Morgan fingerprint density at radius 1 is 1.21 bits per heavy atom. The molecule has 0 atom stereocenters. The van der Waals surface area contributed by atoms with Crippen molar-refractivity contribution >= 4 is 16.8 Å². The van der Waals surface area contributed by atoms with Crippen molar-refractivity contribution < 1.29 is 14.1 Å². The predicted octanol–water partition coefficient (Wildman–Crippen LogP) is 2.99. The molecule has 5 rings (SSSR count). The lowest BCUT2D eigenvalue weighted by Gasteiger charge is -2.04. The second-order valence-corrected chi connectivity index (χ2v) is 7.31. The molecule has 10 nitrogen and oxygen atoms in total. The molecule has 0 fully saturated rings. The SMILES string of the molecule is COc1cccc(C(=O)NCc2noc(-c3c4ccccc4nn3CCc3ncc[nH]3)n2)c1. The molecule has 1 amide bonds. The fraction of sp³-hybridized carbons (Fsp3) is 0.174. The average molecular weight is 443 g/mol. The van der Waals surface area contributed by atoms with Gasteiger partial charge >= 0.3 is 0 Å². The second kappa shape index (κ2) is 8.95. The van der Waals surface area contributed by atoms with E-state index in [4.69, 9.17) is 14.4 Å². The van der Waals surface area contributed by atoms with Crippen LogP contribution in [0.2, 0.25) is 0 Å². The van der Waals surface area contributed by atoms with Crippen molar-refractivity contribution in [1.29, 1.82) is 0 Å². The highest BCUT2D eigenvalue weighted by Crippen LogP contribution is 2.27. The number of aromatic nitrogens is 6. The Labute approximate surface area is 188 Å². The average Bonchev–Trinajstić information content (AvgIpc) is 3.60. The molecule has 0 aliphatic heterocycles. The van der Waals surface area contributed by atoms with E-state index in [0.717, 1.165) is 22.4 Å². The fourth-order valence-corrected chi connectivity index (χ4v) is 3.56. The summed E-state index contributed by atoms with van der Waals surface area (Å²) in [5, 5.41) is 12.5. The maximum atomic E-state index is 12.5. The molecule has 0 unspecified atom stereocenters. The Morgan fingerprint density at radius 3 is 2.97 bits per heavy atom. The highest BCUT2D eigenvalue weighted by Gasteiger charge is 2.20. The number of H-pyrrole nitrogens is 1. The molecule has 0 saturated heterocycles. The van der Waals surface area contributed by atoms with Crippen molar-refractivity contribution in [2.45, 2.75) is 19.5 Å². The summed E-state index contributed by atoms with van der Waals surface area (Å²) < 4.78 is 12.6. The molecular weight excluding hydrogens is 422 g/mol. The largest absolute Gasteiger partial charge is 0.497 e. The number of fused-ring (bicyclic) bond motifs is 1. The van der Waals surface area contributed by atoms with Crippen molar-refractivity contribution in [1.82, 2.24) is 35.2 Å². The maximum Gasteiger partial charge on any atom is 0.276 e. The number of rotatable bonds is 8. The minimum Gasteiger partial charge on any atom is -0.497 e. The number of imidazole rings is 1. The molecule has 0 bridgehead atoms. The smallest absolute Gasteiger partial charge is 0.276 e. The summed E-state index contributed by atoms with van der Waals surface area (Å²) in [6.45, 7) is 0.708. The molecule has 33 heavy (non-hydrogen) atoms. The van der Waals surface area contributed by atoms with Gasteiger partial charge in [0.2, 0.25) is 0 Å². The van der Waals surface area contributed by atoms with Gasteiger partial charge in [-0.3, -0.25) is 9.48 Å². The highest BCUT2D eigenvalue weighted by atomic mass is 16.5. The first-order valence-corrected chi connectivity index (χ1v) is 10.4. The van der Waals surface area contributed by atoms with E-state index < -0.39 is 0 Å². The van der Waals surface area contributed by atoms with E-state index in [2.05, 4.69) is 25.4 Å². The van der Waals surface area contributed by atoms with Crippen LogP contribution in [0.25, 0.3) is 22.5 Å². The maximum absolute atomic E-state index is 12.5. The number of aryl methyl sites for hydroxylation is 2. The van der Waals surface area contributed by atoms with E-state index in [-0.39, 0.29) is 12.5 Å². The van der Waals surface area contributed by atoms with Gasteiger partial charge in [0.25, 0.3) is 11.8 Å². The van der Waals surface area contributed by atoms with Gasteiger partial charge in [-0.1, -0.05) is 29.4 Å². The molecule has 0 saturated carbocycles. The zero-order chi connectivity index (χ0) is 22.6. The number of amides is 1. The molecule has 3 heterocycles. The van der Waals surface area contributed by atoms with E-state index in [1.165, 1.54) is 0 Å². The molecule has 5 aromatic rings. The van der Waals surface area contributed by atoms with E-state index in [1.807, 2.05) is 28.9 Å². The molecule has 0 aliphatic carbocycles. The monoisotopic (exact) mass is 443 g/mol. The van der Waals surface area contributed by atoms with Crippen LogP contribution in [-0.4, -0.2) is 42.9 Å². The van der Waals surface area contributed by atoms with Crippen LogP contribution in [0.4, 0.5) is 0 Å². The van der Waals surface area contributed by atoms with Crippen molar-refractivity contribution in [2.24, 2.45) is 0 Å². The number of aromatic amines is 1. The van der Waals surface area contributed by atoms with Gasteiger partial charge in [-0.2, -0.15) is 10.1 Å². The third kappa shape index (κ3) is 4.31. The van der Waals surface area contributed by atoms with Gasteiger partial charge < -0.3 is 19.6 Å². The summed E-state index contributed by atoms with van der Waals surface area (Å²) >= 11 is 0. The zero-order valence-electron chi connectivity index (χ0n) is 17.9. The number of methoxy groups -OCH3 is 1. The number of ether oxygens (including phenoxy) is 1. The Bertz CT molecular complexity index is 1390. The van der Waals surface area contributed by atoms with Gasteiger partial charge in [-0.15, -0.1) is 0 Å². The summed E-state index contributed by atoms with van der Waals surface area (Å²) in [6, 6.07) is 14.7.